The van der Waals surface area contributed by atoms with Gasteiger partial charge in [0.05, 0.1) is 0 Å². The van der Waals surface area contributed by atoms with Gasteiger partial charge in [0.15, 0.2) is 0 Å². The minimum absolute atomic E-state index is 0.0857. The van der Waals surface area contributed by atoms with E-state index >= 15 is 0 Å². The topological polar surface area (TPSA) is 83.7 Å². The molecule has 9 heteroatoms. The zero-order valence-corrected chi connectivity index (χ0v) is 75.3. The molecule has 0 bridgehead atoms. The number of alkyl halides is 1. The van der Waals surface area contributed by atoms with Gasteiger partial charge in [-0.1, -0.05) is 268 Å². The van der Waals surface area contributed by atoms with E-state index in [2.05, 4.69) is 280 Å². The fourth-order valence-corrected chi connectivity index (χ4v) is 15.6. The van der Waals surface area contributed by atoms with Crippen LogP contribution in [0, 0.1) is 37.9 Å². The maximum absolute atomic E-state index is 12.6. The van der Waals surface area contributed by atoms with Gasteiger partial charge < -0.3 is 36.4 Å². The SMILES string of the molecule is CC(=O)NC1CC=C(C(C)(C)C)CC1.CC(F)CNC1CC=C(C(C)(C)C)CC1.CCC(C)NC1CC=C(C(C)(C)C)CC1.CCCN(C)C1CC=C(C(C)(C)C)CC1.CCCN(CCC)C1CC=C(C(C)(C)C)CC1.CCCNC1CC=C(C(C)(C)C)CC1.CCCNC1CC=C(C(C)(C)C)CC1. The molecule has 0 aromatic carbocycles. The molecule has 0 aromatic heterocycles. The first kappa shape index (κ1) is 99.3. The average Bonchev–Trinajstić information content (AvgIpc) is 1.08. The van der Waals surface area contributed by atoms with Gasteiger partial charge in [-0.3, -0.25) is 4.79 Å². The largest absolute Gasteiger partial charge is 0.353 e. The summed E-state index contributed by atoms with van der Waals surface area (Å²) in [4.78, 5) is 16.1. The van der Waals surface area contributed by atoms with Crippen LogP contribution >= 0.6 is 0 Å². The van der Waals surface area contributed by atoms with Crippen LogP contribution in [0.4, 0.5) is 4.39 Å². The average molecular weight is 1460 g/mol. The predicted octanol–water partition coefficient (Wildman–Crippen LogP) is 25.5. The number of carbonyl (C=O) groups excluding carboxylic acids is 1. The summed E-state index contributed by atoms with van der Waals surface area (Å²) >= 11 is 0. The standard InChI is InChI=1S/C16H31N.2C14H27N.C13H24FN.2C13H25N.C12H21NO/c1-6-12-17(13-7-2)15-10-8-14(9-11-15)16(3,4)5;1-6-11-15(5)13-9-7-12(8-10-13)14(2,3)4;1-6-11(2)15-13-9-7-12(8-10-13)14(3,4)5;1-10(14)9-15-12-7-5-11(6-8-12)13(2,3)4;2*1-5-10-14-12-8-6-11(7-9-12)13(2,3)4;1-9(14)13-11-7-5-10(6-8-11)12(2,3)4/h8,15H,6-7,9-13H2,1-5H3;7,13H,6,8-11H2,1-5H3;7,11,13,15H,6,8-10H2,1-5H3;5,10,12,15H,6-9H2,1-4H3;2*6,12,14H,5,7-10H2,1-4H3;5,11H,6-8H2,1-4H3,(H,13,14). The smallest absolute Gasteiger partial charge is 0.217 e. The molecular formula is C95H180FN7O. The van der Waals surface area contributed by atoms with Crippen molar-refractivity contribution in [2.75, 3.05) is 46.3 Å². The highest BCUT2D eigenvalue weighted by atomic mass is 19.1. The van der Waals surface area contributed by atoms with Crippen LogP contribution in [-0.4, -0.2) is 117 Å². The van der Waals surface area contributed by atoms with Crippen molar-refractivity contribution >= 4 is 5.91 Å². The summed E-state index contributed by atoms with van der Waals surface area (Å²) in [5, 5.41) is 17.1. The van der Waals surface area contributed by atoms with Crippen molar-refractivity contribution < 1.29 is 9.18 Å². The van der Waals surface area contributed by atoms with Gasteiger partial charge in [0.25, 0.3) is 0 Å². The zero-order valence-electron chi connectivity index (χ0n) is 75.3. The Morgan fingerprint density at radius 2 is 0.673 bits per heavy atom. The third-order valence-corrected chi connectivity index (χ3v) is 22.9. The summed E-state index contributed by atoms with van der Waals surface area (Å²) in [6.45, 7) is 74.0. The van der Waals surface area contributed by atoms with E-state index in [0.29, 0.717) is 68.6 Å². The molecule has 608 valence electrons. The molecule has 9 unspecified atom stereocenters. The Bertz CT molecular complexity index is 2490. The van der Waals surface area contributed by atoms with Gasteiger partial charge in [-0.25, -0.2) is 4.39 Å². The van der Waals surface area contributed by atoms with Crippen LogP contribution in [0.25, 0.3) is 0 Å². The van der Waals surface area contributed by atoms with Gasteiger partial charge in [0.2, 0.25) is 5.91 Å². The van der Waals surface area contributed by atoms with Crippen LogP contribution in [-0.2, 0) is 4.79 Å². The fourth-order valence-electron chi connectivity index (χ4n) is 15.6. The maximum Gasteiger partial charge on any atom is 0.217 e. The van der Waals surface area contributed by atoms with Crippen LogP contribution in [0.3, 0.4) is 0 Å². The molecule has 9 atom stereocenters. The summed E-state index contributed by atoms with van der Waals surface area (Å²) < 4.78 is 12.6. The molecule has 7 aliphatic rings. The number of halogens is 1. The van der Waals surface area contributed by atoms with Gasteiger partial charge in [0.1, 0.15) is 6.17 Å². The lowest BCUT2D eigenvalue weighted by atomic mass is 9.79. The predicted molar refractivity (Wildman–Crippen MR) is 463 cm³/mol. The van der Waals surface area contributed by atoms with Crippen LogP contribution in [0.15, 0.2) is 81.5 Å². The number of amides is 1. The monoisotopic (exact) mass is 1450 g/mol. The lowest BCUT2D eigenvalue weighted by molar-refractivity contribution is -0.119. The first-order valence-corrected chi connectivity index (χ1v) is 43.4. The molecule has 5 N–H and O–H groups in total. The summed E-state index contributed by atoms with van der Waals surface area (Å²) in [7, 11) is 2.27. The molecular weight excluding hydrogens is 1270 g/mol. The van der Waals surface area contributed by atoms with Crippen molar-refractivity contribution in [3.8, 4) is 0 Å². The number of allylic oxidation sites excluding steroid dienone is 7. The van der Waals surface area contributed by atoms with E-state index in [-0.39, 0.29) is 5.91 Å². The van der Waals surface area contributed by atoms with E-state index in [1.54, 1.807) is 47.3 Å². The molecule has 104 heavy (non-hydrogen) atoms. The highest BCUT2D eigenvalue weighted by Crippen LogP contribution is 2.40. The minimum Gasteiger partial charge on any atom is -0.353 e. The molecule has 0 fully saturated rings. The Kier molecular flexibility index (Phi) is 47.4. The maximum atomic E-state index is 12.6. The molecule has 0 saturated heterocycles. The molecule has 0 saturated carbocycles. The molecule has 7 aliphatic carbocycles. The second kappa shape index (κ2) is 49.6. The number of carbonyl (C=O) groups is 1. The molecule has 7 rings (SSSR count). The Balaban J connectivity index is 0.000000607. The van der Waals surface area contributed by atoms with Crippen molar-refractivity contribution in [1.82, 2.24) is 36.4 Å². The van der Waals surface area contributed by atoms with Gasteiger partial charge in [-0.2, -0.15) is 0 Å². The van der Waals surface area contributed by atoms with Crippen molar-refractivity contribution in [3.05, 3.63) is 81.5 Å². The summed E-state index contributed by atoms with van der Waals surface area (Å²) in [6, 6.07) is 5.29. The van der Waals surface area contributed by atoms with E-state index in [1.807, 2.05) is 0 Å². The number of rotatable bonds is 21. The van der Waals surface area contributed by atoms with Gasteiger partial charge in [-0.05, 0) is 265 Å². The van der Waals surface area contributed by atoms with Crippen LogP contribution < -0.4 is 26.6 Å². The van der Waals surface area contributed by atoms with Gasteiger partial charge in [0, 0.05) is 61.8 Å². The normalized spacial score (nSPS) is 23.4. The quantitative estimate of drug-likeness (QED) is 0.0733. The summed E-state index contributed by atoms with van der Waals surface area (Å²) in [6.07, 6.45) is 49.7. The van der Waals surface area contributed by atoms with Crippen molar-refractivity contribution in [2.45, 2.75) is 436 Å². The lowest BCUT2D eigenvalue weighted by Gasteiger charge is -2.36. The molecule has 8 nitrogen and oxygen atoms in total. The Morgan fingerprint density at radius 3 is 0.913 bits per heavy atom. The Morgan fingerprint density at radius 1 is 0.394 bits per heavy atom. The molecule has 0 radical (unpaired) electrons. The Hall–Kier alpha value is -2.66. The fraction of sp³-hybridized carbons (Fsp3) is 0.842. The van der Waals surface area contributed by atoms with E-state index in [1.165, 1.54) is 173 Å². The third-order valence-electron chi connectivity index (χ3n) is 22.9. The lowest BCUT2D eigenvalue weighted by Crippen LogP contribution is -2.38. The highest BCUT2D eigenvalue weighted by Gasteiger charge is 2.30. The first-order valence-electron chi connectivity index (χ1n) is 43.4. The van der Waals surface area contributed by atoms with Crippen LogP contribution in [0.5, 0.6) is 0 Å². The number of hydrogen-bond donors (Lipinski definition) is 5. The van der Waals surface area contributed by atoms with Crippen molar-refractivity contribution in [1.29, 1.82) is 0 Å². The number of nitrogens with one attached hydrogen (secondary N) is 5. The van der Waals surface area contributed by atoms with E-state index in [4.69, 9.17) is 0 Å². The van der Waals surface area contributed by atoms with E-state index in [9.17, 15) is 9.18 Å². The van der Waals surface area contributed by atoms with Crippen LogP contribution in [0.1, 0.15) is 381 Å². The summed E-state index contributed by atoms with van der Waals surface area (Å²) in [5.41, 5.74) is 13.8. The van der Waals surface area contributed by atoms with E-state index < -0.39 is 6.17 Å². The van der Waals surface area contributed by atoms with Crippen LogP contribution in [0.2, 0.25) is 0 Å². The summed E-state index contributed by atoms with van der Waals surface area (Å²) in [5.74, 6) is 0.0857. The molecule has 0 heterocycles. The third kappa shape index (κ3) is 43.1. The van der Waals surface area contributed by atoms with Crippen molar-refractivity contribution in [2.24, 2.45) is 37.9 Å². The number of hydrogen-bond acceptors (Lipinski definition) is 7. The van der Waals surface area contributed by atoms with Gasteiger partial charge >= 0.3 is 0 Å². The molecule has 0 spiro atoms. The highest BCUT2D eigenvalue weighted by molar-refractivity contribution is 5.73. The molecule has 0 aromatic rings. The number of nitrogens with zero attached hydrogens (tertiary/aromatic N) is 2. The molecule has 0 aliphatic heterocycles. The molecule has 1 amide bonds. The second-order valence-electron chi connectivity index (χ2n) is 39.9. The van der Waals surface area contributed by atoms with Gasteiger partial charge in [-0.15, -0.1) is 0 Å². The first-order chi connectivity index (χ1) is 48.2. The minimum atomic E-state index is -0.738. The van der Waals surface area contributed by atoms with E-state index in [0.717, 1.165) is 62.7 Å². The van der Waals surface area contributed by atoms with Crippen molar-refractivity contribution in [3.63, 3.8) is 0 Å². The zero-order chi connectivity index (χ0) is 79.3. The Labute approximate surface area is 649 Å². The second-order valence-corrected chi connectivity index (χ2v) is 39.9.